The Morgan fingerprint density at radius 1 is 1.37 bits per heavy atom. The van der Waals surface area contributed by atoms with E-state index in [1.165, 1.54) is 12.8 Å². The maximum Gasteiger partial charge on any atom is 0.326 e. The molecule has 1 fully saturated rings. The number of rotatable bonds is 9. The number of likely N-dealkylation sites (N-methyl/N-ethyl adjacent to an activating group) is 1. The number of nitrogens with zero attached hydrogens (tertiary/aromatic N) is 1. The SMILES string of the molecule is CCCC(NC(=O)NCCN(CC)C1CC1)C(=O)O. The molecule has 110 valence electrons. The molecule has 6 heteroatoms. The molecule has 0 aromatic carbocycles. The standard InChI is InChI=1S/C13H25N3O3/c1-3-5-11(12(17)18)15-13(19)14-8-9-16(4-2)10-6-7-10/h10-11H,3-9H2,1-2H3,(H,17,18)(H2,14,15,19). The van der Waals surface area contributed by atoms with Gasteiger partial charge in [-0.3, -0.25) is 4.90 Å². The quantitative estimate of drug-likeness (QED) is 0.585. The summed E-state index contributed by atoms with van der Waals surface area (Å²) in [5.41, 5.74) is 0. The van der Waals surface area contributed by atoms with Crippen molar-refractivity contribution in [1.82, 2.24) is 15.5 Å². The molecule has 0 spiro atoms. The van der Waals surface area contributed by atoms with Crippen molar-refractivity contribution >= 4 is 12.0 Å². The van der Waals surface area contributed by atoms with Crippen LogP contribution < -0.4 is 10.6 Å². The van der Waals surface area contributed by atoms with E-state index in [9.17, 15) is 9.59 Å². The van der Waals surface area contributed by atoms with Crippen LogP contribution in [0.1, 0.15) is 39.5 Å². The number of carbonyl (C=O) groups excluding carboxylic acids is 1. The minimum absolute atomic E-state index is 0.396. The number of hydrogen-bond donors (Lipinski definition) is 3. The molecule has 0 radical (unpaired) electrons. The zero-order valence-electron chi connectivity index (χ0n) is 11.8. The van der Waals surface area contributed by atoms with Crippen molar-refractivity contribution in [3.63, 3.8) is 0 Å². The van der Waals surface area contributed by atoms with Gasteiger partial charge in [0.25, 0.3) is 0 Å². The highest BCUT2D eigenvalue weighted by Crippen LogP contribution is 2.25. The molecule has 6 nitrogen and oxygen atoms in total. The molecule has 1 unspecified atom stereocenters. The third-order valence-electron chi connectivity index (χ3n) is 3.33. The minimum atomic E-state index is -0.981. The Balaban J connectivity index is 2.20. The second-order valence-electron chi connectivity index (χ2n) is 4.94. The van der Waals surface area contributed by atoms with Crippen LogP contribution in [0.2, 0.25) is 0 Å². The fourth-order valence-electron chi connectivity index (χ4n) is 2.11. The molecule has 19 heavy (non-hydrogen) atoms. The summed E-state index contributed by atoms with van der Waals surface area (Å²) in [6.07, 6.45) is 3.67. The number of aliphatic carboxylic acids is 1. The number of carboxylic acid groups (broad SMARTS) is 1. The van der Waals surface area contributed by atoms with E-state index in [1.807, 2.05) is 6.92 Å². The van der Waals surface area contributed by atoms with Crippen molar-refractivity contribution in [3.8, 4) is 0 Å². The van der Waals surface area contributed by atoms with Crippen molar-refractivity contribution in [2.45, 2.75) is 51.6 Å². The highest BCUT2D eigenvalue weighted by molar-refractivity contribution is 5.82. The fourth-order valence-corrected chi connectivity index (χ4v) is 2.11. The number of urea groups is 1. The monoisotopic (exact) mass is 271 g/mol. The summed E-state index contributed by atoms with van der Waals surface area (Å²) in [5.74, 6) is -0.981. The first-order valence-electron chi connectivity index (χ1n) is 7.09. The number of carbonyl (C=O) groups is 2. The topological polar surface area (TPSA) is 81.7 Å². The molecule has 0 bridgehead atoms. The maximum atomic E-state index is 11.6. The zero-order chi connectivity index (χ0) is 14.3. The summed E-state index contributed by atoms with van der Waals surface area (Å²) in [4.78, 5) is 24.8. The van der Waals surface area contributed by atoms with Crippen LogP contribution in [0.5, 0.6) is 0 Å². The molecule has 1 atom stereocenters. The van der Waals surface area contributed by atoms with Gasteiger partial charge in [-0.25, -0.2) is 9.59 Å². The molecule has 0 aromatic rings. The first-order valence-corrected chi connectivity index (χ1v) is 7.09. The molecular weight excluding hydrogens is 246 g/mol. The summed E-state index contributed by atoms with van der Waals surface area (Å²) in [6, 6.07) is -0.509. The molecule has 0 aromatic heterocycles. The Bertz CT molecular complexity index is 306. The van der Waals surface area contributed by atoms with E-state index in [-0.39, 0.29) is 0 Å². The lowest BCUT2D eigenvalue weighted by atomic mass is 10.2. The Kier molecular flexibility index (Phi) is 6.62. The smallest absolute Gasteiger partial charge is 0.326 e. The largest absolute Gasteiger partial charge is 0.480 e. The Morgan fingerprint density at radius 2 is 2.05 bits per heavy atom. The van der Waals surface area contributed by atoms with Gasteiger partial charge < -0.3 is 15.7 Å². The molecule has 1 aliphatic carbocycles. The van der Waals surface area contributed by atoms with E-state index in [2.05, 4.69) is 22.5 Å². The summed E-state index contributed by atoms with van der Waals surface area (Å²) in [5, 5.41) is 14.1. The third kappa shape index (κ3) is 5.92. The molecule has 0 aliphatic heterocycles. The van der Waals surface area contributed by atoms with Crippen molar-refractivity contribution in [2.24, 2.45) is 0 Å². The lowest BCUT2D eigenvalue weighted by Gasteiger charge is -2.20. The van der Waals surface area contributed by atoms with E-state index in [4.69, 9.17) is 5.11 Å². The van der Waals surface area contributed by atoms with Gasteiger partial charge in [0.1, 0.15) is 6.04 Å². The van der Waals surface area contributed by atoms with E-state index in [0.29, 0.717) is 19.0 Å². The van der Waals surface area contributed by atoms with E-state index in [1.54, 1.807) is 0 Å². The average Bonchev–Trinajstić information content (AvgIpc) is 3.18. The van der Waals surface area contributed by atoms with Gasteiger partial charge in [-0.2, -0.15) is 0 Å². The average molecular weight is 271 g/mol. The van der Waals surface area contributed by atoms with Crippen LogP contribution in [0.25, 0.3) is 0 Å². The van der Waals surface area contributed by atoms with Crippen LogP contribution in [-0.4, -0.2) is 53.7 Å². The number of nitrogens with one attached hydrogen (secondary N) is 2. The van der Waals surface area contributed by atoms with Crippen molar-refractivity contribution in [1.29, 1.82) is 0 Å². The second kappa shape index (κ2) is 7.99. The second-order valence-corrected chi connectivity index (χ2v) is 4.94. The van der Waals surface area contributed by atoms with Crippen LogP contribution in [0.4, 0.5) is 4.79 Å². The van der Waals surface area contributed by atoms with Gasteiger partial charge in [-0.15, -0.1) is 0 Å². The van der Waals surface area contributed by atoms with Crippen molar-refractivity contribution in [3.05, 3.63) is 0 Å². The Labute approximate surface area is 114 Å². The highest BCUT2D eigenvalue weighted by Gasteiger charge is 2.27. The van der Waals surface area contributed by atoms with Crippen LogP contribution in [-0.2, 0) is 4.79 Å². The summed E-state index contributed by atoms with van der Waals surface area (Å²) < 4.78 is 0. The zero-order valence-corrected chi connectivity index (χ0v) is 11.8. The molecule has 0 heterocycles. The van der Waals surface area contributed by atoms with Crippen LogP contribution >= 0.6 is 0 Å². The predicted molar refractivity (Wildman–Crippen MR) is 73.1 cm³/mol. The number of amides is 2. The molecule has 3 N–H and O–H groups in total. The Morgan fingerprint density at radius 3 is 2.53 bits per heavy atom. The summed E-state index contributed by atoms with van der Waals surface area (Å²) in [6.45, 7) is 6.36. The summed E-state index contributed by atoms with van der Waals surface area (Å²) >= 11 is 0. The summed E-state index contributed by atoms with van der Waals surface area (Å²) in [7, 11) is 0. The molecule has 1 saturated carbocycles. The van der Waals surface area contributed by atoms with Crippen LogP contribution in [0.15, 0.2) is 0 Å². The first kappa shape index (κ1) is 15.8. The minimum Gasteiger partial charge on any atom is -0.480 e. The molecule has 2 amide bonds. The van der Waals surface area contributed by atoms with E-state index in [0.717, 1.165) is 19.5 Å². The van der Waals surface area contributed by atoms with Gasteiger partial charge in [-0.05, 0) is 25.8 Å². The van der Waals surface area contributed by atoms with E-state index >= 15 is 0 Å². The van der Waals surface area contributed by atoms with Gasteiger partial charge in [-0.1, -0.05) is 20.3 Å². The number of hydrogen-bond acceptors (Lipinski definition) is 3. The molecule has 1 aliphatic rings. The van der Waals surface area contributed by atoms with Gasteiger partial charge >= 0.3 is 12.0 Å². The van der Waals surface area contributed by atoms with Gasteiger partial charge in [0.05, 0.1) is 0 Å². The predicted octanol–water partition coefficient (Wildman–Crippen LogP) is 1.02. The lowest BCUT2D eigenvalue weighted by molar-refractivity contribution is -0.139. The van der Waals surface area contributed by atoms with Gasteiger partial charge in [0.15, 0.2) is 0 Å². The number of carboxylic acids is 1. The van der Waals surface area contributed by atoms with Crippen molar-refractivity contribution < 1.29 is 14.7 Å². The molecular formula is C13H25N3O3. The third-order valence-corrected chi connectivity index (χ3v) is 3.33. The van der Waals surface area contributed by atoms with Gasteiger partial charge in [0, 0.05) is 19.1 Å². The van der Waals surface area contributed by atoms with Gasteiger partial charge in [0.2, 0.25) is 0 Å². The van der Waals surface area contributed by atoms with Crippen LogP contribution in [0.3, 0.4) is 0 Å². The van der Waals surface area contributed by atoms with E-state index < -0.39 is 18.0 Å². The van der Waals surface area contributed by atoms with Crippen LogP contribution in [0, 0.1) is 0 Å². The Hall–Kier alpha value is -1.30. The van der Waals surface area contributed by atoms with Crippen molar-refractivity contribution in [2.75, 3.05) is 19.6 Å². The normalized spacial score (nSPS) is 16.2. The highest BCUT2D eigenvalue weighted by atomic mass is 16.4. The fraction of sp³-hybridized carbons (Fsp3) is 0.846. The lowest BCUT2D eigenvalue weighted by Crippen LogP contribution is -2.47. The molecule has 1 rings (SSSR count). The molecule has 0 saturated heterocycles. The first-order chi connectivity index (χ1) is 9.08. The maximum absolute atomic E-state index is 11.6.